The molecule has 8 heteroatoms. The Kier molecular flexibility index (Phi) is 8.57. The largest absolute Gasteiger partial charge is 0.352 e. The molecule has 0 bridgehead atoms. The number of nitrogens with one attached hydrogen (secondary N) is 1. The van der Waals surface area contributed by atoms with Crippen LogP contribution < -0.4 is 9.62 Å². The zero-order valence-corrected chi connectivity index (χ0v) is 20.4. The number of nitrogens with zero attached hydrogens (tertiary/aromatic N) is 2. The maximum absolute atomic E-state index is 12.4. The number of hydrogen-bond acceptors (Lipinski definition) is 4. The molecule has 174 valence electrons. The smallest absolute Gasteiger partial charge is 0.232 e. The number of hydrogen-bond donors (Lipinski definition) is 1. The summed E-state index contributed by atoms with van der Waals surface area (Å²) in [5.74, 6) is -0.0915. The number of carbonyl (C=O) groups is 1. The SMILES string of the molecule is Cc1c(Cl)cccc1N(CCCC(=O)NCc1cccc(CN2CCCC2)c1)S(C)(=O)=O. The van der Waals surface area contributed by atoms with E-state index in [0.29, 0.717) is 29.2 Å². The van der Waals surface area contributed by atoms with Crippen LogP contribution in [0.4, 0.5) is 5.69 Å². The zero-order valence-electron chi connectivity index (χ0n) is 18.8. The lowest BCUT2D eigenvalue weighted by molar-refractivity contribution is -0.121. The van der Waals surface area contributed by atoms with Crippen LogP contribution in [0, 0.1) is 6.92 Å². The van der Waals surface area contributed by atoms with E-state index < -0.39 is 10.0 Å². The quantitative estimate of drug-likeness (QED) is 0.559. The molecule has 0 spiro atoms. The van der Waals surface area contributed by atoms with E-state index in [4.69, 9.17) is 11.6 Å². The lowest BCUT2D eigenvalue weighted by atomic mass is 10.1. The number of amides is 1. The molecule has 1 aliphatic heterocycles. The molecule has 2 aromatic carbocycles. The van der Waals surface area contributed by atoms with Crippen LogP contribution in [-0.2, 0) is 27.9 Å². The number of halogens is 1. The van der Waals surface area contributed by atoms with Crippen LogP contribution in [0.5, 0.6) is 0 Å². The first kappa shape index (κ1) is 24.6. The molecule has 1 aliphatic rings. The van der Waals surface area contributed by atoms with Gasteiger partial charge >= 0.3 is 0 Å². The van der Waals surface area contributed by atoms with Gasteiger partial charge in [0.1, 0.15) is 0 Å². The minimum absolute atomic E-state index is 0.0915. The Hall–Kier alpha value is -2.09. The van der Waals surface area contributed by atoms with Crippen molar-refractivity contribution >= 4 is 33.2 Å². The van der Waals surface area contributed by atoms with Crippen molar-refractivity contribution in [2.75, 3.05) is 30.2 Å². The summed E-state index contributed by atoms with van der Waals surface area (Å²) in [6.07, 6.45) is 4.37. The first-order chi connectivity index (χ1) is 15.2. The molecule has 1 saturated heterocycles. The number of rotatable bonds is 10. The fourth-order valence-electron chi connectivity index (χ4n) is 4.04. The minimum atomic E-state index is -3.49. The predicted octanol–water partition coefficient (Wildman–Crippen LogP) is 4.11. The maximum Gasteiger partial charge on any atom is 0.232 e. The molecule has 2 aromatic rings. The Morgan fingerprint density at radius 2 is 1.81 bits per heavy atom. The van der Waals surface area contributed by atoms with Gasteiger partial charge < -0.3 is 5.32 Å². The Bertz CT molecular complexity index is 1040. The minimum Gasteiger partial charge on any atom is -0.352 e. The highest BCUT2D eigenvalue weighted by atomic mass is 35.5. The van der Waals surface area contributed by atoms with Gasteiger partial charge in [0.25, 0.3) is 0 Å². The van der Waals surface area contributed by atoms with Crippen molar-refractivity contribution in [3.05, 3.63) is 64.2 Å². The van der Waals surface area contributed by atoms with Gasteiger partial charge in [0.2, 0.25) is 15.9 Å². The molecule has 32 heavy (non-hydrogen) atoms. The van der Waals surface area contributed by atoms with Gasteiger partial charge in [-0.15, -0.1) is 0 Å². The highest BCUT2D eigenvalue weighted by Gasteiger charge is 2.20. The number of carbonyl (C=O) groups excluding carboxylic acids is 1. The van der Waals surface area contributed by atoms with Crippen LogP contribution >= 0.6 is 11.6 Å². The van der Waals surface area contributed by atoms with E-state index in [-0.39, 0.29) is 18.9 Å². The van der Waals surface area contributed by atoms with Crippen molar-refractivity contribution in [2.24, 2.45) is 0 Å². The topological polar surface area (TPSA) is 69.7 Å². The first-order valence-electron chi connectivity index (χ1n) is 11.0. The molecule has 1 amide bonds. The van der Waals surface area contributed by atoms with Gasteiger partial charge in [0.05, 0.1) is 11.9 Å². The average molecular weight is 478 g/mol. The van der Waals surface area contributed by atoms with Gasteiger partial charge in [-0.3, -0.25) is 14.0 Å². The van der Waals surface area contributed by atoms with Gasteiger partial charge in [0.15, 0.2) is 0 Å². The molecule has 1 fully saturated rings. The van der Waals surface area contributed by atoms with E-state index in [1.807, 2.05) is 12.1 Å². The summed E-state index contributed by atoms with van der Waals surface area (Å²) in [6, 6.07) is 13.5. The van der Waals surface area contributed by atoms with E-state index in [0.717, 1.165) is 25.2 Å². The van der Waals surface area contributed by atoms with E-state index in [9.17, 15) is 13.2 Å². The van der Waals surface area contributed by atoms with Crippen molar-refractivity contribution in [3.8, 4) is 0 Å². The molecule has 0 unspecified atom stereocenters. The monoisotopic (exact) mass is 477 g/mol. The molecule has 3 rings (SSSR count). The Labute approximate surface area is 196 Å². The number of anilines is 1. The normalized spacial score (nSPS) is 14.5. The van der Waals surface area contributed by atoms with Gasteiger partial charge in [-0.25, -0.2) is 8.42 Å². The van der Waals surface area contributed by atoms with Crippen LogP contribution in [0.2, 0.25) is 5.02 Å². The third-order valence-corrected chi connectivity index (χ3v) is 7.35. The van der Waals surface area contributed by atoms with Crippen molar-refractivity contribution in [2.45, 2.75) is 45.7 Å². The molecule has 6 nitrogen and oxygen atoms in total. The van der Waals surface area contributed by atoms with Crippen LogP contribution in [-0.4, -0.2) is 45.1 Å². The molecule has 1 N–H and O–H groups in total. The Balaban J connectivity index is 1.50. The third-order valence-electron chi connectivity index (χ3n) is 5.76. The highest BCUT2D eigenvalue weighted by molar-refractivity contribution is 7.92. The first-order valence-corrected chi connectivity index (χ1v) is 13.3. The lowest BCUT2D eigenvalue weighted by Gasteiger charge is -2.24. The summed E-state index contributed by atoms with van der Waals surface area (Å²) in [6.45, 7) is 5.74. The van der Waals surface area contributed by atoms with Gasteiger partial charge in [0, 0.05) is 31.1 Å². The fraction of sp³-hybridized carbons (Fsp3) is 0.458. The molecule has 0 radical (unpaired) electrons. The Morgan fingerprint density at radius 3 is 2.53 bits per heavy atom. The zero-order chi connectivity index (χ0) is 23.1. The van der Waals surface area contributed by atoms with Crippen LogP contribution in [0.3, 0.4) is 0 Å². The summed E-state index contributed by atoms with van der Waals surface area (Å²) in [5.41, 5.74) is 3.59. The highest BCUT2D eigenvalue weighted by Crippen LogP contribution is 2.28. The summed E-state index contributed by atoms with van der Waals surface area (Å²) in [7, 11) is -3.49. The average Bonchev–Trinajstić information content (AvgIpc) is 3.24. The van der Waals surface area contributed by atoms with Crippen molar-refractivity contribution in [3.63, 3.8) is 0 Å². The summed E-state index contributed by atoms with van der Waals surface area (Å²) < 4.78 is 26.0. The van der Waals surface area contributed by atoms with Crippen LogP contribution in [0.1, 0.15) is 42.4 Å². The van der Waals surface area contributed by atoms with Gasteiger partial charge in [-0.05, 0) is 68.1 Å². The molecule has 0 aliphatic carbocycles. The predicted molar refractivity (Wildman–Crippen MR) is 130 cm³/mol. The summed E-state index contributed by atoms with van der Waals surface area (Å²) in [5, 5.41) is 3.47. The Morgan fingerprint density at radius 1 is 1.12 bits per heavy atom. The fourth-order valence-corrected chi connectivity index (χ4v) is 5.23. The second-order valence-electron chi connectivity index (χ2n) is 8.40. The third kappa shape index (κ3) is 6.95. The summed E-state index contributed by atoms with van der Waals surface area (Å²) in [4.78, 5) is 14.8. The van der Waals surface area contributed by atoms with Crippen molar-refractivity contribution in [1.29, 1.82) is 0 Å². The lowest BCUT2D eigenvalue weighted by Crippen LogP contribution is -2.32. The number of likely N-dealkylation sites (tertiary alicyclic amines) is 1. The van der Waals surface area contributed by atoms with E-state index in [1.54, 1.807) is 25.1 Å². The second-order valence-corrected chi connectivity index (χ2v) is 10.7. The van der Waals surface area contributed by atoms with Crippen molar-refractivity contribution in [1.82, 2.24) is 10.2 Å². The number of sulfonamides is 1. The molecule has 0 aromatic heterocycles. The van der Waals surface area contributed by atoms with Gasteiger partial charge in [-0.1, -0.05) is 41.9 Å². The molecule has 1 heterocycles. The number of benzene rings is 2. The standard InChI is InChI=1S/C24H32ClN3O3S/c1-19-22(25)10-6-11-23(19)28(32(2,30)31)15-7-12-24(29)26-17-20-8-5-9-21(16-20)18-27-13-3-4-14-27/h5-6,8-11,16H,3-4,7,12-15,17-18H2,1-2H3,(H,26,29). The van der Waals surface area contributed by atoms with E-state index in [1.165, 1.54) is 29.0 Å². The van der Waals surface area contributed by atoms with E-state index >= 15 is 0 Å². The molecule has 0 atom stereocenters. The molecule has 0 saturated carbocycles. The van der Waals surface area contributed by atoms with Crippen molar-refractivity contribution < 1.29 is 13.2 Å². The van der Waals surface area contributed by atoms with Gasteiger partial charge in [-0.2, -0.15) is 0 Å². The molecular formula is C24H32ClN3O3S. The maximum atomic E-state index is 12.4. The second kappa shape index (κ2) is 11.2. The summed E-state index contributed by atoms with van der Waals surface area (Å²) >= 11 is 6.16. The van der Waals surface area contributed by atoms with Crippen LogP contribution in [0.15, 0.2) is 42.5 Å². The van der Waals surface area contributed by atoms with E-state index in [2.05, 4.69) is 22.3 Å². The molecular weight excluding hydrogens is 446 g/mol. The van der Waals surface area contributed by atoms with Crippen LogP contribution in [0.25, 0.3) is 0 Å².